The molecule has 0 bridgehead atoms. The number of aromatic hydroxyl groups is 1. The lowest BCUT2D eigenvalue weighted by Crippen LogP contribution is -2.05. The molecule has 0 atom stereocenters. The summed E-state index contributed by atoms with van der Waals surface area (Å²) < 4.78 is 13.3. The number of halogens is 1. The van der Waals surface area contributed by atoms with E-state index in [-0.39, 0.29) is 5.82 Å². The highest BCUT2D eigenvalue weighted by Crippen LogP contribution is 2.32. The third-order valence-electron chi connectivity index (χ3n) is 2.41. The zero-order valence-corrected chi connectivity index (χ0v) is 9.52. The van der Waals surface area contributed by atoms with Gasteiger partial charge in [-0.05, 0) is 24.6 Å². The highest BCUT2D eigenvalue weighted by Gasteiger charge is 2.13. The summed E-state index contributed by atoms with van der Waals surface area (Å²) in [6.45, 7) is 4.06. The fourth-order valence-corrected chi connectivity index (χ4v) is 1.60. The Morgan fingerprint density at radius 2 is 2.17 bits per heavy atom. The van der Waals surface area contributed by atoms with E-state index in [1.807, 2.05) is 0 Å². The van der Waals surface area contributed by atoms with Crippen LogP contribution in [0.2, 0.25) is 0 Å². The molecular weight excluding hydrogens is 235 g/mol. The number of anilines is 2. The summed E-state index contributed by atoms with van der Waals surface area (Å²) in [7, 11) is 0. The Morgan fingerprint density at radius 3 is 2.83 bits per heavy atom. The van der Waals surface area contributed by atoms with Crippen molar-refractivity contribution in [1.82, 2.24) is 9.97 Å². The molecule has 6 heteroatoms. The monoisotopic (exact) mass is 247 g/mol. The van der Waals surface area contributed by atoms with Crippen LogP contribution in [-0.2, 0) is 0 Å². The summed E-state index contributed by atoms with van der Waals surface area (Å²) in [4.78, 5) is 7.90. The first-order valence-electron chi connectivity index (χ1n) is 5.26. The van der Waals surface area contributed by atoms with Crippen molar-refractivity contribution < 1.29 is 9.50 Å². The molecule has 0 saturated heterocycles. The predicted molar refractivity (Wildman–Crippen MR) is 67.3 cm³/mol. The van der Waals surface area contributed by atoms with E-state index in [2.05, 4.69) is 22.2 Å². The van der Waals surface area contributed by atoms with E-state index in [1.54, 1.807) is 6.07 Å². The van der Waals surface area contributed by atoms with Gasteiger partial charge in [-0.1, -0.05) is 6.07 Å². The molecule has 1 aromatic carbocycles. The van der Waals surface area contributed by atoms with Gasteiger partial charge in [-0.25, -0.2) is 14.4 Å². The largest absolute Gasteiger partial charge is 0.505 e. The van der Waals surface area contributed by atoms with E-state index >= 15 is 0 Å². The molecule has 0 aliphatic rings. The maximum Gasteiger partial charge on any atom is 0.165 e. The van der Waals surface area contributed by atoms with Crippen LogP contribution in [0.3, 0.4) is 0 Å². The first-order chi connectivity index (χ1) is 8.63. The van der Waals surface area contributed by atoms with Gasteiger partial charge in [0.25, 0.3) is 0 Å². The Morgan fingerprint density at radius 1 is 1.39 bits per heavy atom. The van der Waals surface area contributed by atoms with E-state index in [9.17, 15) is 4.39 Å². The maximum atomic E-state index is 13.3. The minimum atomic E-state index is -0.726. The van der Waals surface area contributed by atoms with Crippen LogP contribution in [-0.4, -0.2) is 21.6 Å². The van der Waals surface area contributed by atoms with Crippen molar-refractivity contribution in [2.45, 2.75) is 0 Å². The standard InChI is InChI=1S/C12H12FN4O/c1-2-15-12-10(11(14)16-6-17-12)7-3-4-9(18)8(13)5-7/h3-6,18H,1-2H2,(H3,14,15,16,17). The number of rotatable bonds is 3. The second kappa shape index (κ2) is 4.87. The van der Waals surface area contributed by atoms with E-state index in [0.29, 0.717) is 23.5 Å². The first kappa shape index (κ1) is 12.1. The molecule has 0 amide bonds. The van der Waals surface area contributed by atoms with Gasteiger partial charge < -0.3 is 16.2 Å². The van der Waals surface area contributed by atoms with Gasteiger partial charge in [0.05, 0.1) is 5.56 Å². The summed E-state index contributed by atoms with van der Waals surface area (Å²) in [6, 6.07) is 3.98. The smallest absolute Gasteiger partial charge is 0.165 e. The van der Waals surface area contributed by atoms with Gasteiger partial charge in [0.15, 0.2) is 11.6 Å². The molecule has 93 valence electrons. The molecule has 1 heterocycles. The number of hydrogen-bond acceptors (Lipinski definition) is 5. The number of phenolic OH excluding ortho intramolecular Hbond substituents is 1. The predicted octanol–water partition coefficient (Wildman–Crippen LogP) is 1.82. The van der Waals surface area contributed by atoms with Gasteiger partial charge in [0.1, 0.15) is 18.0 Å². The molecule has 5 nitrogen and oxygen atoms in total. The van der Waals surface area contributed by atoms with Crippen LogP contribution >= 0.6 is 0 Å². The van der Waals surface area contributed by atoms with Crippen LogP contribution in [0.25, 0.3) is 11.1 Å². The lowest BCUT2D eigenvalue weighted by Gasteiger charge is -2.11. The number of aromatic nitrogens is 2. The van der Waals surface area contributed by atoms with Gasteiger partial charge in [-0.3, -0.25) is 0 Å². The Balaban J connectivity index is 2.58. The normalized spacial score (nSPS) is 10.3. The van der Waals surface area contributed by atoms with Gasteiger partial charge in [-0.2, -0.15) is 0 Å². The summed E-state index contributed by atoms with van der Waals surface area (Å²) in [6.07, 6.45) is 1.31. The summed E-state index contributed by atoms with van der Waals surface area (Å²) in [5, 5.41) is 12.1. The fourth-order valence-electron chi connectivity index (χ4n) is 1.60. The number of benzene rings is 1. The van der Waals surface area contributed by atoms with Gasteiger partial charge in [-0.15, -0.1) is 0 Å². The molecular formula is C12H12FN4O. The molecule has 18 heavy (non-hydrogen) atoms. The third kappa shape index (κ3) is 2.17. The first-order valence-corrected chi connectivity index (χ1v) is 5.26. The van der Waals surface area contributed by atoms with Crippen molar-refractivity contribution in [2.24, 2.45) is 0 Å². The quantitative estimate of drug-likeness (QED) is 0.770. The van der Waals surface area contributed by atoms with Crippen LogP contribution in [0, 0.1) is 12.7 Å². The number of nitrogens with two attached hydrogens (primary N) is 1. The van der Waals surface area contributed by atoms with Gasteiger partial charge in [0, 0.05) is 6.54 Å². The number of nitrogen functional groups attached to an aromatic ring is 1. The average Bonchev–Trinajstić information content (AvgIpc) is 2.34. The topological polar surface area (TPSA) is 84.1 Å². The highest BCUT2D eigenvalue weighted by molar-refractivity contribution is 5.83. The molecule has 0 unspecified atom stereocenters. The van der Waals surface area contributed by atoms with E-state index in [1.165, 1.54) is 18.5 Å². The van der Waals surface area contributed by atoms with Crippen LogP contribution in [0.15, 0.2) is 24.5 Å². The minimum Gasteiger partial charge on any atom is -0.505 e. The van der Waals surface area contributed by atoms with Crippen LogP contribution in [0.4, 0.5) is 16.0 Å². The van der Waals surface area contributed by atoms with Crippen molar-refractivity contribution in [3.8, 4) is 16.9 Å². The van der Waals surface area contributed by atoms with Crippen LogP contribution in [0.5, 0.6) is 5.75 Å². The van der Waals surface area contributed by atoms with E-state index in [4.69, 9.17) is 10.8 Å². The van der Waals surface area contributed by atoms with Crippen molar-refractivity contribution in [3.05, 3.63) is 37.3 Å². The number of nitrogens with one attached hydrogen (secondary N) is 1. The molecule has 0 aliphatic carbocycles. The molecule has 1 radical (unpaired) electrons. The van der Waals surface area contributed by atoms with Crippen molar-refractivity contribution in [1.29, 1.82) is 0 Å². The third-order valence-corrected chi connectivity index (χ3v) is 2.41. The molecule has 0 saturated carbocycles. The molecule has 0 aliphatic heterocycles. The SMILES string of the molecule is [CH2]CNc1ncnc(N)c1-c1ccc(O)c(F)c1. The molecule has 1 aromatic heterocycles. The highest BCUT2D eigenvalue weighted by atomic mass is 19.1. The Kier molecular flexibility index (Phi) is 3.27. The second-order valence-electron chi connectivity index (χ2n) is 3.58. The zero-order valence-electron chi connectivity index (χ0n) is 9.52. The van der Waals surface area contributed by atoms with Crippen LogP contribution in [0.1, 0.15) is 0 Å². The second-order valence-corrected chi connectivity index (χ2v) is 3.58. The molecule has 4 N–H and O–H groups in total. The van der Waals surface area contributed by atoms with Crippen molar-refractivity contribution >= 4 is 11.6 Å². The van der Waals surface area contributed by atoms with Crippen molar-refractivity contribution in [3.63, 3.8) is 0 Å². The molecule has 0 spiro atoms. The average molecular weight is 247 g/mol. The van der Waals surface area contributed by atoms with Gasteiger partial charge >= 0.3 is 0 Å². The Bertz CT molecular complexity index is 574. The number of phenols is 1. The lowest BCUT2D eigenvalue weighted by atomic mass is 10.1. The maximum absolute atomic E-state index is 13.3. The lowest BCUT2D eigenvalue weighted by molar-refractivity contribution is 0.432. The molecule has 2 rings (SSSR count). The molecule has 2 aromatic rings. The van der Waals surface area contributed by atoms with Crippen molar-refractivity contribution in [2.75, 3.05) is 17.6 Å². The Labute approximate surface area is 104 Å². The van der Waals surface area contributed by atoms with E-state index < -0.39 is 11.6 Å². The summed E-state index contributed by atoms with van der Waals surface area (Å²) >= 11 is 0. The van der Waals surface area contributed by atoms with E-state index in [0.717, 1.165) is 0 Å². The minimum absolute atomic E-state index is 0.228. The fraction of sp³-hybridized carbons (Fsp3) is 0.0833. The number of nitrogens with zero attached hydrogens (tertiary/aromatic N) is 2. The zero-order chi connectivity index (χ0) is 13.1. The van der Waals surface area contributed by atoms with Crippen LogP contribution < -0.4 is 11.1 Å². The van der Waals surface area contributed by atoms with Gasteiger partial charge in [0.2, 0.25) is 0 Å². The summed E-state index contributed by atoms with van der Waals surface area (Å²) in [5.41, 5.74) is 6.75. The Hall–Kier alpha value is -2.37. The molecule has 0 fully saturated rings. The summed E-state index contributed by atoms with van der Waals surface area (Å²) in [5.74, 6) is -0.439. The number of hydrogen-bond donors (Lipinski definition) is 3.